The fourth-order valence-electron chi connectivity index (χ4n) is 4.43. The summed E-state index contributed by atoms with van der Waals surface area (Å²) in [5.74, 6) is 0.0298. The van der Waals surface area contributed by atoms with Crippen LogP contribution in [-0.4, -0.2) is 70.8 Å². The number of aromatic nitrogens is 2. The molecule has 2 saturated heterocycles. The first-order chi connectivity index (χ1) is 14.7. The molecule has 2 aliphatic heterocycles. The Morgan fingerprint density at radius 2 is 1.87 bits per heavy atom. The minimum atomic E-state index is -0.120. The number of likely N-dealkylation sites (tertiary alicyclic amines) is 1. The summed E-state index contributed by atoms with van der Waals surface area (Å²) in [6.45, 7) is 6.38. The summed E-state index contributed by atoms with van der Waals surface area (Å²) in [5, 5.41) is 4.51. The maximum absolute atomic E-state index is 13.3. The smallest absolute Gasteiger partial charge is 0.257 e. The van der Waals surface area contributed by atoms with Crippen molar-refractivity contribution >= 4 is 11.8 Å². The zero-order valence-corrected chi connectivity index (χ0v) is 17.6. The minimum absolute atomic E-state index is 0.00867. The largest absolute Gasteiger partial charge is 0.378 e. The highest BCUT2D eigenvalue weighted by Gasteiger charge is 2.33. The third kappa shape index (κ3) is 4.41. The van der Waals surface area contributed by atoms with Gasteiger partial charge in [0.1, 0.15) is 0 Å². The number of piperidine rings is 1. The molecule has 0 radical (unpaired) electrons. The van der Waals surface area contributed by atoms with Crippen LogP contribution in [0, 0.1) is 5.92 Å². The summed E-state index contributed by atoms with van der Waals surface area (Å²) < 4.78 is 7.28. The van der Waals surface area contributed by atoms with Crippen LogP contribution in [0.25, 0.3) is 0 Å². The minimum Gasteiger partial charge on any atom is -0.378 e. The van der Waals surface area contributed by atoms with E-state index in [1.54, 1.807) is 6.20 Å². The number of hydrogen-bond donors (Lipinski definition) is 0. The quantitative estimate of drug-likeness (QED) is 0.758. The van der Waals surface area contributed by atoms with Crippen molar-refractivity contribution in [1.29, 1.82) is 0 Å². The summed E-state index contributed by atoms with van der Waals surface area (Å²) in [6, 6.07) is 10.1. The maximum atomic E-state index is 13.3. The molecule has 160 valence electrons. The Kier molecular flexibility index (Phi) is 6.47. The molecule has 0 aliphatic carbocycles. The van der Waals surface area contributed by atoms with E-state index in [0.29, 0.717) is 51.5 Å². The molecule has 0 spiro atoms. The van der Waals surface area contributed by atoms with Crippen molar-refractivity contribution in [2.75, 3.05) is 39.4 Å². The molecule has 0 N–H and O–H groups in total. The first-order valence-corrected chi connectivity index (χ1v) is 10.9. The fourth-order valence-corrected chi connectivity index (χ4v) is 4.43. The zero-order valence-electron chi connectivity index (χ0n) is 17.6. The van der Waals surface area contributed by atoms with Crippen molar-refractivity contribution in [3.8, 4) is 0 Å². The third-order valence-corrected chi connectivity index (χ3v) is 6.07. The lowest BCUT2D eigenvalue weighted by atomic mass is 9.95. The van der Waals surface area contributed by atoms with Gasteiger partial charge in [0.2, 0.25) is 5.91 Å². The van der Waals surface area contributed by atoms with Crippen LogP contribution < -0.4 is 0 Å². The monoisotopic (exact) mass is 410 g/mol. The number of carbonyl (C=O) groups excluding carboxylic acids is 2. The summed E-state index contributed by atoms with van der Waals surface area (Å²) in [5.41, 5.74) is 2.77. The SMILES string of the molecule is CCc1c(C(=O)N2CCCC(C(=O)N3CCOCC3)C2)cnn1Cc1ccccc1. The molecule has 2 fully saturated rings. The van der Waals surface area contributed by atoms with Gasteiger partial charge in [-0.15, -0.1) is 0 Å². The molecule has 1 unspecified atom stereocenters. The first-order valence-electron chi connectivity index (χ1n) is 10.9. The average molecular weight is 411 g/mol. The van der Waals surface area contributed by atoms with Gasteiger partial charge in [-0.2, -0.15) is 5.10 Å². The summed E-state index contributed by atoms with van der Waals surface area (Å²) >= 11 is 0. The molecule has 2 amide bonds. The van der Waals surface area contributed by atoms with E-state index in [1.807, 2.05) is 32.7 Å². The lowest BCUT2D eigenvalue weighted by Crippen LogP contribution is -2.49. The van der Waals surface area contributed by atoms with E-state index in [2.05, 4.69) is 24.2 Å². The van der Waals surface area contributed by atoms with Gasteiger partial charge < -0.3 is 14.5 Å². The molecule has 7 nitrogen and oxygen atoms in total. The molecule has 3 heterocycles. The molecule has 4 rings (SSSR count). The van der Waals surface area contributed by atoms with Gasteiger partial charge in [0, 0.05) is 26.2 Å². The number of nitrogens with zero attached hydrogens (tertiary/aromatic N) is 4. The zero-order chi connectivity index (χ0) is 20.9. The molecule has 1 aromatic carbocycles. The van der Waals surface area contributed by atoms with Crippen molar-refractivity contribution in [2.45, 2.75) is 32.7 Å². The van der Waals surface area contributed by atoms with Gasteiger partial charge in [-0.3, -0.25) is 14.3 Å². The third-order valence-electron chi connectivity index (χ3n) is 6.07. The van der Waals surface area contributed by atoms with Crippen molar-refractivity contribution < 1.29 is 14.3 Å². The number of ether oxygens (including phenoxy) is 1. The standard InChI is InChI=1S/C23H30N4O3/c1-2-21-20(15-24-27(21)16-18-7-4-3-5-8-18)23(29)26-10-6-9-19(17-26)22(28)25-11-13-30-14-12-25/h3-5,7-8,15,19H,2,6,9-14,16-17H2,1H3. The first kappa shape index (κ1) is 20.6. The van der Waals surface area contributed by atoms with Crippen LogP contribution in [0.1, 0.15) is 41.4 Å². The van der Waals surface area contributed by atoms with Crippen LogP contribution in [0.3, 0.4) is 0 Å². The van der Waals surface area contributed by atoms with Crippen molar-refractivity contribution in [3.05, 3.63) is 53.3 Å². The van der Waals surface area contributed by atoms with E-state index >= 15 is 0 Å². The summed E-state index contributed by atoms with van der Waals surface area (Å²) in [6.07, 6.45) is 4.12. The van der Waals surface area contributed by atoms with Crippen LogP contribution in [0.2, 0.25) is 0 Å². The number of rotatable bonds is 5. The van der Waals surface area contributed by atoms with E-state index in [0.717, 1.165) is 30.5 Å². The second-order valence-corrected chi connectivity index (χ2v) is 8.03. The Labute approximate surface area is 177 Å². The highest BCUT2D eigenvalue weighted by atomic mass is 16.5. The van der Waals surface area contributed by atoms with E-state index in [4.69, 9.17) is 4.74 Å². The number of morpholine rings is 1. The predicted octanol–water partition coefficient (Wildman–Crippen LogP) is 2.20. The van der Waals surface area contributed by atoms with Crippen LogP contribution in [0.4, 0.5) is 0 Å². The van der Waals surface area contributed by atoms with Gasteiger partial charge in [0.15, 0.2) is 0 Å². The Morgan fingerprint density at radius 1 is 1.10 bits per heavy atom. The number of carbonyl (C=O) groups is 2. The normalized spacial score (nSPS) is 19.7. The highest BCUT2D eigenvalue weighted by Crippen LogP contribution is 2.23. The Hall–Kier alpha value is -2.67. The molecule has 30 heavy (non-hydrogen) atoms. The van der Waals surface area contributed by atoms with Gasteiger partial charge in [0.05, 0.1) is 43.1 Å². The Balaban J connectivity index is 1.46. The molecule has 7 heteroatoms. The van der Waals surface area contributed by atoms with Gasteiger partial charge >= 0.3 is 0 Å². The van der Waals surface area contributed by atoms with E-state index in [1.165, 1.54) is 0 Å². The number of hydrogen-bond acceptors (Lipinski definition) is 4. The molecular weight excluding hydrogens is 380 g/mol. The van der Waals surface area contributed by atoms with Crippen molar-refractivity contribution in [1.82, 2.24) is 19.6 Å². The van der Waals surface area contributed by atoms with E-state index in [9.17, 15) is 9.59 Å². The van der Waals surface area contributed by atoms with E-state index < -0.39 is 0 Å². The molecule has 1 atom stereocenters. The number of amides is 2. The van der Waals surface area contributed by atoms with Gasteiger partial charge in [0.25, 0.3) is 5.91 Å². The fraction of sp³-hybridized carbons (Fsp3) is 0.522. The van der Waals surface area contributed by atoms with Crippen molar-refractivity contribution in [2.24, 2.45) is 5.92 Å². The topological polar surface area (TPSA) is 67.7 Å². The van der Waals surface area contributed by atoms with Crippen LogP contribution in [-0.2, 0) is 22.5 Å². The predicted molar refractivity (Wildman–Crippen MR) is 113 cm³/mol. The van der Waals surface area contributed by atoms with Crippen LogP contribution in [0.5, 0.6) is 0 Å². The molecular formula is C23H30N4O3. The molecule has 1 aromatic heterocycles. The molecule has 2 aliphatic rings. The van der Waals surface area contributed by atoms with Crippen LogP contribution >= 0.6 is 0 Å². The molecule has 2 aromatic rings. The lowest BCUT2D eigenvalue weighted by Gasteiger charge is -2.36. The van der Waals surface area contributed by atoms with E-state index in [-0.39, 0.29) is 17.7 Å². The summed E-state index contributed by atoms with van der Waals surface area (Å²) in [4.78, 5) is 30.0. The Bertz CT molecular complexity index is 874. The van der Waals surface area contributed by atoms with Crippen LogP contribution in [0.15, 0.2) is 36.5 Å². The highest BCUT2D eigenvalue weighted by molar-refractivity contribution is 5.95. The van der Waals surface area contributed by atoms with Crippen molar-refractivity contribution in [3.63, 3.8) is 0 Å². The Morgan fingerprint density at radius 3 is 2.60 bits per heavy atom. The number of benzene rings is 1. The van der Waals surface area contributed by atoms with Gasteiger partial charge in [-0.1, -0.05) is 37.3 Å². The van der Waals surface area contributed by atoms with Gasteiger partial charge in [-0.05, 0) is 24.8 Å². The lowest BCUT2D eigenvalue weighted by molar-refractivity contribution is -0.141. The van der Waals surface area contributed by atoms with Gasteiger partial charge in [-0.25, -0.2) is 0 Å². The second-order valence-electron chi connectivity index (χ2n) is 8.03. The second kappa shape index (κ2) is 9.43. The average Bonchev–Trinajstić information content (AvgIpc) is 3.21. The molecule has 0 saturated carbocycles. The molecule has 0 bridgehead atoms. The maximum Gasteiger partial charge on any atom is 0.257 e. The summed E-state index contributed by atoms with van der Waals surface area (Å²) in [7, 11) is 0.